The maximum absolute atomic E-state index is 9.75. The fraction of sp³-hybridized carbons (Fsp3) is 0.750. The molecule has 0 aromatic carbocycles. The average molecular weight is 157 g/mol. The summed E-state index contributed by atoms with van der Waals surface area (Å²) in [5.74, 6) is 0. The molecule has 0 aliphatic rings. The third-order valence-electron chi connectivity index (χ3n) is 1.50. The zero-order chi connectivity index (χ0) is 8.53. The molecular formula is C8H15NO2. The first kappa shape index (κ1) is 10.1. The lowest BCUT2D eigenvalue weighted by Crippen LogP contribution is -2.07. The van der Waals surface area contributed by atoms with Gasteiger partial charge in [0.05, 0.1) is 0 Å². The Morgan fingerprint density at radius 1 is 1.73 bits per heavy atom. The summed E-state index contributed by atoms with van der Waals surface area (Å²) in [6.07, 6.45) is 5.43. The lowest BCUT2D eigenvalue weighted by molar-refractivity contribution is 0.0499. The molecule has 0 aromatic rings. The number of hydrogen-bond donors (Lipinski definition) is 0. The van der Waals surface area contributed by atoms with Crippen molar-refractivity contribution in [1.29, 1.82) is 0 Å². The van der Waals surface area contributed by atoms with Crippen molar-refractivity contribution in [3.63, 3.8) is 0 Å². The molecule has 0 aromatic heterocycles. The Morgan fingerprint density at radius 2 is 2.45 bits per heavy atom. The Bertz CT molecular complexity index is 105. The molecule has 11 heavy (non-hydrogen) atoms. The smallest absolute Gasteiger partial charge is 0.155 e. The largest absolute Gasteiger partial charge is 0.360 e. The molecular weight excluding hydrogens is 142 g/mol. The second-order valence-corrected chi connectivity index (χ2v) is 2.47. The second kappa shape index (κ2) is 7.25. The van der Waals surface area contributed by atoms with Crippen LogP contribution in [0.2, 0.25) is 0 Å². The molecule has 64 valence electrons. The molecule has 0 aliphatic carbocycles. The van der Waals surface area contributed by atoms with Gasteiger partial charge in [0.2, 0.25) is 0 Å². The molecule has 0 spiro atoms. The van der Waals surface area contributed by atoms with Gasteiger partial charge in [-0.05, 0) is 12.8 Å². The van der Waals surface area contributed by atoms with E-state index in [0.717, 1.165) is 19.3 Å². The highest BCUT2D eigenvalue weighted by Crippen LogP contribution is 2.09. The predicted octanol–water partition coefficient (Wildman–Crippen LogP) is 2.82. The molecule has 0 amide bonds. The third kappa shape index (κ3) is 5.58. The standard InChI is InChI=1S/C8H15NO2/c1-3-5-7-8(6-4-2)11-9-10/h4,8H,2-3,5-7H2,1H3. The Hall–Kier alpha value is -0.860. The molecule has 3 nitrogen and oxygen atoms in total. The second-order valence-electron chi connectivity index (χ2n) is 2.47. The number of rotatable bonds is 7. The van der Waals surface area contributed by atoms with Gasteiger partial charge in [0.1, 0.15) is 6.10 Å². The molecule has 3 heteroatoms. The fourth-order valence-corrected chi connectivity index (χ4v) is 0.892. The first-order valence-corrected chi connectivity index (χ1v) is 3.94. The van der Waals surface area contributed by atoms with Crippen LogP contribution in [0.3, 0.4) is 0 Å². The molecule has 0 heterocycles. The third-order valence-corrected chi connectivity index (χ3v) is 1.50. The van der Waals surface area contributed by atoms with Crippen LogP contribution < -0.4 is 0 Å². The Kier molecular flexibility index (Phi) is 6.68. The van der Waals surface area contributed by atoms with E-state index < -0.39 is 0 Å². The van der Waals surface area contributed by atoms with E-state index in [1.807, 2.05) is 0 Å². The molecule has 1 atom stereocenters. The van der Waals surface area contributed by atoms with E-state index in [-0.39, 0.29) is 6.10 Å². The highest BCUT2D eigenvalue weighted by atomic mass is 16.7. The van der Waals surface area contributed by atoms with E-state index in [1.54, 1.807) is 6.08 Å². The van der Waals surface area contributed by atoms with Gasteiger partial charge in [-0.15, -0.1) is 11.5 Å². The summed E-state index contributed by atoms with van der Waals surface area (Å²) in [6, 6.07) is 0. The predicted molar refractivity (Wildman–Crippen MR) is 45.0 cm³/mol. The summed E-state index contributed by atoms with van der Waals surface area (Å²) in [7, 11) is 0. The van der Waals surface area contributed by atoms with Crippen LogP contribution in [0.15, 0.2) is 18.0 Å². The van der Waals surface area contributed by atoms with Gasteiger partial charge in [-0.25, -0.2) is 0 Å². The van der Waals surface area contributed by atoms with Gasteiger partial charge < -0.3 is 4.84 Å². The van der Waals surface area contributed by atoms with Crippen molar-refractivity contribution in [2.75, 3.05) is 0 Å². The van der Waals surface area contributed by atoms with Crippen LogP contribution in [0.5, 0.6) is 0 Å². The van der Waals surface area contributed by atoms with E-state index in [2.05, 4.69) is 23.7 Å². The van der Waals surface area contributed by atoms with Crippen molar-refractivity contribution in [3.8, 4) is 0 Å². The molecule has 0 bridgehead atoms. The first-order chi connectivity index (χ1) is 5.35. The van der Waals surface area contributed by atoms with E-state index in [9.17, 15) is 4.91 Å². The lowest BCUT2D eigenvalue weighted by atomic mass is 10.1. The first-order valence-electron chi connectivity index (χ1n) is 3.94. The monoisotopic (exact) mass is 157 g/mol. The zero-order valence-electron chi connectivity index (χ0n) is 6.95. The van der Waals surface area contributed by atoms with Crippen LogP contribution in [0.25, 0.3) is 0 Å². The SMILES string of the molecule is C=CCC(CCCC)ON=O. The molecule has 0 aliphatic heterocycles. The van der Waals surface area contributed by atoms with Gasteiger partial charge in [-0.1, -0.05) is 19.4 Å². The van der Waals surface area contributed by atoms with Crippen molar-refractivity contribution >= 4 is 0 Å². The van der Waals surface area contributed by atoms with Crippen LogP contribution in [-0.4, -0.2) is 6.10 Å². The Balaban J connectivity index is 3.49. The van der Waals surface area contributed by atoms with Crippen molar-refractivity contribution in [2.24, 2.45) is 5.34 Å². The molecule has 0 N–H and O–H groups in total. The summed E-state index contributed by atoms with van der Waals surface area (Å²) in [5, 5.41) is 2.41. The van der Waals surface area contributed by atoms with E-state index in [4.69, 9.17) is 0 Å². The van der Waals surface area contributed by atoms with Gasteiger partial charge >= 0.3 is 0 Å². The Morgan fingerprint density at radius 3 is 2.91 bits per heavy atom. The van der Waals surface area contributed by atoms with Crippen molar-refractivity contribution in [1.82, 2.24) is 0 Å². The molecule has 1 unspecified atom stereocenters. The Labute approximate surface area is 67.4 Å². The maximum Gasteiger partial charge on any atom is 0.155 e. The molecule has 0 radical (unpaired) electrons. The quantitative estimate of drug-likeness (QED) is 0.324. The van der Waals surface area contributed by atoms with E-state index >= 15 is 0 Å². The minimum Gasteiger partial charge on any atom is -0.360 e. The summed E-state index contributed by atoms with van der Waals surface area (Å²) in [4.78, 5) is 14.3. The number of nitrogens with zero attached hydrogens (tertiary/aromatic N) is 1. The van der Waals surface area contributed by atoms with Gasteiger partial charge in [-0.3, -0.25) is 0 Å². The van der Waals surface area contributed by atoms with E-state index in [0.29, 0.717) is 6.42 Å². The van der Waals surface area contributed by atoms with Crippen molar-refractivity contribution < 1.29 is 4.84 Å². The lowest BCUT2D eigenvalue weighted by Gasteiger charge is -2.08. The fourth-order valence-electron chi connectivity index (χ4n) is 0.892. The number of unbranched alkanes of at least 4 members (excludes halogenated alkanes) is 1. The van der Waals surface area contributed by atoms with Gasteiger partial charge in [0.15, 0.2) is 5.34 Å². The topological polar surface area (TPSA) is 38.7 Å². The van der Waals surface area contributed by atoms with Gasteiger partial charge in [-0.2, -0.15) is 0 Å². The zero-order valence-corrected chi connectivity index (χ0v) is 6.95. The van der Waals surface area contributed by atoms with Crippen molar-refractivity contribution in [3.05, 3.63) is 17.6 Å². The van der Waals surface area contributed by atoms with Gasteiger partial charge in [0, 0.05) is 6.42 Å². The van der Waals surface area contributed by atoms with E-state index in [1.165, 1.54) is 0 Å². The highest BCUT2D eigenvalue weighted by molar-refractivity contribution is 4.72. The van der Waals surface area contributed by atoms with Crippen LogP contribution in [0.4, 0.5) is 0 Å². The van der Waals surface area contributed by atoms with Crippen LogP contribution >= 0.6 is 0 Å². The molecule has 0 rings (SSSR count). The summed E-state index contributed by atoms with van der Waals surface area (Å²) in [6.45, 7) is 5.66. The summed E-state index contributed by atoms with van der Waals surface area (Å²) in [5.41, 5.74) is 0. The van der Waals surface area contributed by atoms with Crippen LogP contribution in [0.1, 0.15) is 32.6 Å². The van der Waals surface area contributed by atoms with Crippen LogP contribution in [-0.2, 0) is 4.84 Å². The number of hydrogen-bond acceptors (Lipinski definition) is 3. The molecule has 0 saturated heterocycles. The molecule has 0 saturated carbocycles. The highest BCUT2D eigenvalue weighted by Gasteiger charge is 2.06. The average Bonchev–Trinajstić information content (AvgIpc) is 2.01. The minimum absolute atomic E-state index is 0.0649. The maximum atomic E-state index is 9.75. The van der Waals surface area contributed by atoms with Gasteiger partial charge in [0.25, 0.3) is 0 Å². The summed E-state index contributed by atoms with van der Waals surface area (Å²) < 4.78 is 0. The minimum atomic E-state index is -0.0649. The summed E-state index contributed by atoms with van der Waals surface area (Å²) >= 11 is 0. The van der Waals surface area contributed by atoms with Crippen LogP contribution in [0, 0.1) is 4.91 Å². The van der Waals surface area contributed by atoms with Crippen molar-refractivity contribution in [2.45, 2.75) is 38.7 Å². The molecule has 0 fully saturated rings. The normalized spacial score (nSPS) is 12.1.